The van der Waals surface area contributed by atoms with Crippen LogP contribution in [0.5, 0.6) is 5.75 Å². The van der Waals surface area contributed by atoms with Crippen molar-refractivity contribution in [1.29, 1.82) is 0 Å². The largest absolute Gasteiger partial charge is 0.490 e. The minimum Gasteiger partial charge on any atom is -0.490 e. The minimum atomic E-state index is -0.126. The second-order valence-corrected chi connectivity index (χ2v) is 6.72. The van der Waals surface area contributed by atoms with Crippen LogP contribution in [0.25, 0.3) is 16.6 Å². The lowest BCUT2D eigenvalue weighted by molar-refractivity contribution is 0.146. The molecule has 1 N–H and O–H groups in total. The number of ether oxygens (including phenoxy) is 2. The van der Waals surface area contributed by atoms with E-state index in [9.17, 15) is 4.79 Å². The molecular weight excluding hydrogens is 384 g/mol. The maximum Gasteiger partial charge on any atom is 0.205 e. The van der Waals surface area contributed by atoms with Gasteiger partial charge in [0.25, 0.3) is 0 Å². The highest BCUT2D eigenvalue weighted by Gasteiger charge is 2.07. The number of pyridine rings is 1. The normalized spacial score (nSPS) is 11.0. The van der Waals surface area contributed by atoms with Gasteiger partial charge in [-0.3, -0.25) is 14.5 Å². The van der Waals surface area contributed by atoms with Gasteiger partial charge in [-0.25, -0.2) is 4.68 Å². The fraction of sp³-hybridized carbons (Fsp3) is 0.238. The van der Waals surface area contributed by atoms with Crippen LogP contribution in [0.3, 0.4) is 0 Å². The van der Waals surface area contributed by atoms with Gasteiger partial charge < -0.3 is 14.8 Å². The third-order valence-electron chi connectivity index (χ3n) is 4.51. The second kappa shape index (κ2) is 8.75. The van der Waals surface area contributed by atoms with Crippen LogP contribution >= 0.6 is 0 Å². The molecule has 3 aromatic heterocycles. The molecule has 0 aliphatic rings. The van der Waals surface area contributed by atoms with Gasteiger partial charge >= 0.3 is 0 Å². The van der Waals surface area contributed by atoms with Crippen molar-refractivity contribution >= 4 is 16.6 Å². The van der Waals surface area contributed by atoms with E-state index in [1.807, 2.05) is 37.5 Å². The summed E-state index contributed by atoms with van der Waals surface area (Å²) in [6, 6.07) is 9.24. The molecule has 0 bridgehead atoms. The van der Waals surface area contributed by atoms with Crippen molar-refractivity contribution < 1.29 is 9.47 Å². The first kappa shape index (κ1) is 19.6. The molecule has 0 fully saturated rings. The number of fused-ring (bicyclic) bond motifs is 1. The summed E-state index contributed by atoms with van der Waals surface area (Å²) >= 11 is 0. The Labute approximate surface area is 172 Å². The predicted molar refractivity (Wildman–Crippen MR) is 113 cm³/mol. The average molecular weight is 406 g/mol. The van der Waals surface area contributed by atoms with Crippen molar-refractivity contribution in [2.24, 2.45) is 7.05 Å². The Hall–Kier alpha value is -3.72. The summed E-state index contributed by atoms with van der Waals surface area (Å²) in [5.41, 5.74) is 2.79. The molecule has 30 heavy (non-hydrogen) atoms. The fourth-order valence-corrected chi connectivity index (χ4v) is 2.97. The van der Waals surface area contributed by atoms with Crippen molar-refractivity contribution in [3.8, 4) is 11.4 Å². The maximum atomic E-state index is 12.2. The minimum absolute atomic E-state index is 0.126. The first-order valence-corrected chi connectivity index (χ1v) is 9.46. The van der Waals surface area contributed by atoms with Crippen molar-refractivity contribution in [2.45, 2.75) is 6.54 Å². The summed E-state index contributed by atoms with van der Waals surface area (Å²) in [6.07, 6.45) is 6.85. The SMILES string of the molecule is COCCOc1cnc2ccc(NCc3nn(-c4cnn(C)c4)ccc3=O)cc2c1. The van der Waals surface area contributed by atoms with Gasteiger partial charge in [-0.1, -0.05) is 0 Å². The number of benzene rings is 1. The molecule has 0 amide bonds. The Morgan fingerprint density at radius 2 is 2.03 bits per heavy atom. The van der Waals surface area contributed by atoms with Crippen LogP contribution in [0.4, 0.5) is 5.69 Å². The molecule has 4 rings (SSSR count). The van der Waals surface area contributed by atoms with Crippen LogP contribution in [0, 0.1) is 0 Å². The Morgan fingerprint density at radius 3 is 2.83 bits per heavy atom. The highest BCUT2D eigenvalue weighted by Crippen LogP contribution is 2.22. The van der Waals surface area contributed by atoms with E-state index in [2.05, 4.69) is 20.5 Å². The molecule has 3 heterocycles. The van der Waals surface area contributed by atoms with Gasteiger partial charge in [0.1, 0.15) is 23.7 Å². The molecular formula is C21H22N6O3. The summed E-state index contributed by atoms with van der Waals surface area (Å²) in [5.74, 6) is 0.681. The molecule has 0 aliphatic heterocycles. The van der Waals surface area contributed by atoms with Crippen LogP contribution < -0.4 is 15.5 Å². The summed E-state index contributed by atoms with van der Waals surface area (Å²) < 4.78 is 13.9. The quantitative estimate of drug-likeness (QED) is 0.448. The standard InChI is InChI=1S/C21H22N6O3/c1-26-14-17(11-24-26)27-6-5-21(28)20(25-27)13-22-16-3-4-19-15(9-16)10-18(12-23-19)30-8-7-29-2/h3-6,9-12,14,22H,7-8,13H2,1-2H3. The number of anilines is 1. The number of hydrogen-bond donors (Lipinski definition) is 1. The summed E-state index contributed by atoms with van der Waals surface area (Å²) in [7, 11) is 3.46. The van der Waals surface area contributed by atoms with Crippen molar-refractivity contribution in [3.05, 3.63) is 71.0 Å². The first-order valence-electron chi connectivity index (χ1n) is 9.46. The molecule has 0 radical (unpaired) electrons. The van der Waals surface area contributed by atoms with Crippen LogP contribution in [0.15, 0.2) is 59.9 Å². The number of nitrogens with one attached hydrogen (secondary N) is 1. The van der Waals surface area contributed by atoms with Crippen LogP contribution in [0.2, 0.25) is 0 Å². The van der Waals surface area contributed by atoms with E-state index in [1.165, 1.54) is 6.07 Å². The lowest BCUT2D eigenvalue weighted by Crippen LogP contribution is -2.18. The lowest BCUT2D eigenvalue weighted by Gasteiger charge is -2.10. The summed E-state index contributed by atoms with van der Waals surface area (Å²) in [4.78, 5) is 16.7. The van der Waals surface area contributed by atoms with Gasteiger partial charge in [-0.05, 0) is 24.3 Å². The first-order chi connectivity index (χ1) is 14.6. The highest BCUT2D eigenvalue weighted by atomic mass is 16.5. The summed E-state index contributed by atoms with van der Waals surface area (Å²) in [6.45, 7) is 1.27. The molecule has 0 saturated carbocycles. The number of rotatable bonds is 8. The van der Waals surface area contributed by atoms with E-state index in [0.29, 0.717) is 31.2 Å². The Bertz CT molecular complexity index is 1220. The molecule has 9 heteroatoms. The van der Waals surface area contributed by atoms with E-state index in [4.69, 9.17) is 9.47 Å². The zero-order valence-corrected chi connectivity index (χ0v) is 16.8. The number of nitrogens with zero attached hydrogens (tertiary/aromatic N) is 5. The average Bonchev–Trinajstić information content (AvgIpc) is 3.19. The zero-order chi connectivity index (χ0) is 20.9. The molecule has 0 saturated heterocycles. The maximum absolute atomic E-state index is 12.2. The Balaban J connectivity index is 1.51. The highest BCUT2D eigenvalue weighted by molar-refractivity contribution is 5.83. The van der Waals surface area contributed by atoms with Gasteiger partial charge in [0.05, 0.1) is 37.3 Å². The zero-order valence-electron chi connectivity index (χ0n) is 16.8. The monoisotopic (exact) mass is 406 g/mol. The number of hydrogen-bond acceptors (Lipinski definition) is 7. The summed E-state index contributed by atoms with van der Waals surface area (Å²) in [5, 5.41) is 12.8. The van der Waals surface area contributed by atoms with Gasteiger partial charge in [-0.15, -0.1) is 0 Å². The van der Waals surface area contributed by atoms with Crippen molar-refractivity contribution in [3.63, 3.8) is 0 Å². The topological polar surface area (TPSA) is 96.1 Å². The molecule has 1 aromatic carbocycles. The van der Waals surface area contributed by atoms with Gasteiger partial charge in [0.2, 0.25) is 5.43 Å². The molecule has 0 atom stereocenters. The van der Waals surface area contributed by atoms with Crippen molar-refractivity contribution in [2.75, 3.05) is 25.6 Å². The number of aromatic nitrogens is 5. The van der Waals surface area contributed by atoms with Gasteiger partial charge in [0, 0.05) is 37.5 Å². The van der Waals surface area contributed by atoms with Gasteiger partial charge in [-0.2, -0.15) is 10.2 Å². The molecule has 0 aliphatic carbocycles. The molecule has 0 unspecified atom stereocenters. The van der Waals surface area contributed by atoms with E-state index >= 15 is 0 Å². The lowest BCUT2D eigenvalue weighted by atomic mass is 10.2. The molecule has 154 valence electrons. The third kappa shape index (κ3) is 4.47. The van der Waals surface area contributed by atoms with Crippen molar-refractivity contribution in [1.82, 2.24) is 24.5 Å². The number of aryl methyl sites for hydroxylation is 1. The number of methoxy groups -OCH3 is 1. The third-order valence-corrected chi connectivity index (χ3v) is 4.51. The van der Waals surface area contributed by atoms with Crippen LogP contribution in [-0.4, -0.2) is 44.9 Å². The predicted octanol–water partition coefficient (Wildman–Crippen LogP) is 2.15. The van der Waals surface area contributed by atoms with Crippen LogP contribution in [-0.2, 0) is 18.3 Å². The van der Waals surface area contributed by atoms with E-state index < -0.39 is 0 Å². The van der Waals surface area contributed by atoms with Crippen LogP contribution in [0.1, 0.15) is 5.69 Å². The Morgan fingerprint density at radius 1 is 1.13 bits per heavy atom. The smallest absolute Gasteiger partial charge is 0.205 e. The van der Waals surface area contributed by atoms with Gasteiger partial charge in [0.15, 0.2) is 0 Å². The van der Waals surface area contributed by atoms with E-state index in [0.717, 1.165) is 22.3 Å². The second-order valence-electron chi connectivity index (χ2n) is 6.72. The molecule has 0 spiro atoms. The molecule has 9 nitrogen and oxygen atoms in total. The fourth-order valence-electron chi connectivity index (χ4n) is 2.97. The Kier molecular flexibility index (Phi) is 5.71. The molecule has 4 aromatic rings. The van der Waals surface area contributed by atoms with E-state index in [1.54, 1.807) is 35.1 Å². The van der Waals surface area contributed by atoms with E-state index in [-0.39, 0.29) is 5.43 Å².